The molecule has 1 aliphatic carbocycles. The highest BCUT2D eigenvalue weighted by Gasteiger charge is 2.37. The molecule has 1 aliphatic rings. The Balaban J connectivity index is 0.00000200. The number of benzene rings is 1. The number of nitrogens with one attached hydrogen (secondary N) is 1. The third-order valence-corrected chi connectivity index (χ3v) is 6.79. The first-order valence-electron chi connectivity index (χ1n) is 6.08. The van der Waals surface area contributed by atoms with E-state index in [1.165, 1.54) is 6.07 Å². The van der Waals surface area contributed by atoms with Crippen molar-refractivity contribution in [1.29, 1.82) is 0 Å². The number of hydrogen-bond acceptors (Lipinski definition) is 3. The van der Waals surface area contributed by atoms with Gasteiger partial charge in [-0.25, -0.2) is 13.1 Å². The molecule has 0 amide bonds. The molecule has 0 radical (unpaired) electrons. The van der Waals surface area contributed by atoms with E-state index in [0.29, 0.717) is 16.0 Å². The zero-order valence-corrected chi connectivity index (χ0v) is 14.7. The van der Waals surface area contributed by atoms with Gasteiger partial charge in [-0.1, -0.05) is 30.5 Å². The van der Waals surface area contributed by atoms with Crippen molar-refractivity contribution in [2.75, 3.05) is 6.54 Å². The van der Waals surface area contributed by atoms with Crippen molar-refractivity contribution in [2.24, 2.45) is 5.73 Å². The van der Waals surface area contributed by atoms with E-state index >= 15 is 0 Å². The van der Waals surface area contributed by atoms with Gasteiger partial charge in [-0.3, -0.25) is 0 Å². The van der Waals surface area contributed by atoms with Gasteiger partial charge in [0.15, 0.2) is 0 Å². The average molecular weight is 404 g/mol. The molecule has 0 atom stereocenters. The van der Waals surface area contributed by atoms with Gasteiger partial charge in [0.25, 0.3) is 0 Å². The normalized spacial score (nSPS) is 17.8. The van der Waals surface area contributed by atoms with Crippen LogP contribution in [0.4, 0.5) is 0 Å². The van der Waals surface area contributed by atoms with Crippen molar-refractivity contribution in [1.82, 2.24) is 4.72 Å². The summed E-state index contributed by atoms with van der Waals surface area (Å²) in [5, 5.41) is 0.371. The molecule has 0 bridgehead atoms. The Morgan fingerprint density at radius 1 is 1.35 bits per heavy atom. The molecule has 20 heavy (non-hydrogen) atoms. The number of rotatable bonds is 4. The Hall–Kier alpha value is 0.150. The predicted octanol–water partition coefficient (Wildman–Crippen LogP) is 3.07. The minimum atomic E-state index is -3.63. The topological polar surface area (TPSA) is 72.2 Å². The van der Waals surface area contributed by atoms with E-state index in [0.717, 1.165) is 25.7 Å². The zero-order chi connectivity index (χ0) is 14.1. The molecule has 1 aromatic rings. The van der Waals surface area contributed by atoms with Crippen LogP contribution in [0.1, 0.15) is 25.7 Å². The lowest BCUT2D eigenvalue weighted by molar-refractivity contribution is 0.399. The van der Waals surface area contributed by atoms with E-state index in [4.69, 9.17) is 17.3 Å². The second-order valence-corrected chi connectivity index (χ2v) is 7.70. The second-order valence-electron chi connectivity index (χ2n) is 4.85. The Bertz CT molecular complexity index is 575. The van der Waals surface area contributed by atoms with Crippen LogP contribution in [0.3, 0.4) is 0 Å². The van der Waals surface area contributed by atoms with E-state index in [2.05, 4.69) is 20.7 Å². The summed E-state index contributed by atoms with van der Waals surface area (Å²) >= 11 is 9.16. The van der Waals surface area contributed by atoms with Gasteiger partial charge in [0.2, 0.25) is 10.0 Å². The van der Waals surface area contributed by atoms with Gasteiger partial charge in [0, 0.05) is 12.1 Å². The predicted molar refractivity (Wildman–Crippen MR) is 87.0 cm³/mol. The summed E-state index contributed by atoms with van der Waals surface area (Å²) in [5.41, 5.74) is 5.24. The third kappa shape index (κ3) is 3.67. The highest BCUT2D eigenvalue weighted by Crippen LogP contribution is 2.33. The Kier molecular flexibility index (Phi) is 6.32. The Morgan fingerprint density at radius 2 is 1.95 bits per heavy atom. The van der Waals surface area contributed by atoms with Gasteiger partial charge >= 0.3 is 0 Å². The van der Waals surface area contributed by atoms with Crippen LogP contribution in [0, 0.1) is 0 Å². The molecule has 0 aromatic heterocycles. The SMILES string of the molecule is Cl.NCC1(NS(=O)(=O)c2cccc(Cl)c2Br)CCCC1. The minimum Gasteiger partial charge on any atom is -0.329 e. The Morgan fingerprint density at radius 3 is 2.50 bits per heavy atom. The maximum Gasteiger partial charge on any atom is 0.242 e. The summed E-state index contributed by atoms with van der Waals surface area (Å²) in [4.78, 5) is 0.153. The highest BCUT2D eigenvalue weighted by atomic mass is 79.9. The molecule has 4 nitrogen and oxygen atoms in total. The molecule has 0 saturated heterocycles. The summed E-state index contributed by atoms with van der Waals surface area (Å²) < 4.78 is 28.1. The standard InChI is InChI=1S/C12H16BrClN2O2S.ClH/c13-11-9(14)4-3-5-10(11)19(17,18)16-12(8-15)6-1-2-7-12;/h3-5,16H,1-2,6-8,15H2;1H. The van der Waals surface area contributed by atoms with Crippen molar-refractivity contribution < 1.29 is 8.42 Å². The molecule has 3 N–H and O–H groups in total. The molecule has 0 heterocycles. The first-order chi connectivity index (χ1) is 8.90. The van der Waals surface area contributed by atoms with Gasteiger partial charge in [0.05, 0.1) is 14.4 Å². The molecule has 2 rings (SSSR count). The monoisotopic (exact) mass is 402 g/mol. The molecular weight excluding hydrogens is 387 g/mol. The van der Waals surface area contributed by atoms with Crippen molar-refractivity contribution >= 4 is 50.0 Å². The highest BCUT2D eigenvalue weighted by molar-refractivity contribution is 9.10. The van der Waals surface area contributed by atoms with Gasteiger partial charge in [-0.05, 0) is 40.9 Å². The van der Waals surface area contributed by atoms with E-state index in [9.17, 15) is 8.42 Å². The molecule has 8 heteroatoms. The lowest BCUT2D eigenvalue weighted by atomic mass is 10.0. The summed E-state index contributed by atoms with van der Waals surface area (Å²) in [6.07, 6.45) is 3.55. The average Bonchev–Trinajstić information content (AvgIpc) is 2.81. The van der Waals surface area contributed by atoms with Gasteiger partial charge in [-0.2, -0.15) is 0 Å². The molecule has 1 fully saturated rings. The van der Waals surface area contributed by atoms with Crippen LogP contribution < -0.4 is 10.5 Å². The maximum atomic E-state index is 12.5. The minimum absolute atomic E-state index is 0. The van der Waals surface area contributed by atoms with E-state index in [1.807, 2.05) is 0 Å². The Labute approximate surface area is 139 Å². The van der Waals surface area contributed by atoms with Crippen LogP contribution >= 0.6 is 39.9 Å². The van der Waals surface area contributed by atoms with Gasteiger partial charge < -0.3 is 5.73 Å². The second kappa shape index (κ2) is 6.94. The van der Waals surface area contributed by atoms with Crippen LogP contribution in [-0.2, 0) is 10.0 Å². The zero-order valence-electron chi connectivity index (χ0n) is 10.7. The fraction of sp³-hybridized carbons (Fsp3) is 0.500. The first-order valence-corrected chi connectivity index (χ1v) is 8.74. The number of hydrogen-bond donors (Lipinski definition) is 2. The van der Waals surface area contributed by atoms with Gasteiger partial charge in [-0.15, -0.1) is 12.4 Å². The molecular formula is C12H17BrCl2N2O2S. The summed E-state index contributed by atoms with van der Waals surface area (Å²) in [5.74, 6) is 0. The first kappa shape index (κ1) is 18.2. The van der Waals surface area contributed by atoms with E-state index < -0.39 is 15.6 Å². The van der Waals surface area contributed by atoms with Crippen LogP contribution in [0.15, 0.2) is 27.6 Å². The quantitative estimate of drug-likeness (QED) is 0.811. The summed E-state index contributed by atoms with van der Waals surface area (Å²) in [6, 6.07) is 4.78. The van der Waals surface area contributed by atoms with Gasteiger partial charge in [0.1, 0.15) is 0 Å². The molecule has 1 aromatic carbocycles. The summed E-state index contributed by atoms with van der Waals surface area (Å²) in [7, 11) is -3.63. The van der Waals surface area contributed by atoms with E-state index in [-0.39, 0.29) is 17.3 Å². The van der Waals surface area contributed by atoms with Crippen molar-refractivity contribution in [3.05, 3.63) is 27.7 Å². The fourth-order valence-corrected chi connectivity index (χ4v) is 5.14. The smallest absolute Gasteiger partial charge is 0.242 e. The molecule has 114 valence electrons. The van der Waals surface area contributed by atoms with Crippen LogP contribution in [0.25, 0.3) is 0 Å². The summed E-state index contributed by atoms with van der Waals surface area (Å²) in [6.45, 7) is 0.310. The maximum absolute atomic E-state index is 12.5. The van der Waals surface area contributed by atoms with Crippen LogP contribution in [-0.4, -0.2) is 20.5 Å². The largest absolute Gasteiger partial charge is 0.329 e. The molecule has 1 saturated carbocycles. The van der Waals surface area contributed by atoms with Crippen LogP contribution in [0.2, 0.25) is 5.02 Å². The molecule has 0 spiro atoms. The van der Waals surface area contributed by atoms with E-state index in [1.54, 1.807) is 12.1 Å². The number of sulfonamides is 1. The van der Waals surface area contributed by atoms with Crippen molar-refractivity contribution in [3.63, 3.8) is 0 Å². The molecule has 0 aliphatic heterocycles. The van der Waals surface area contributed by atoms with Crippen molar-refractivity contribution in [2.45, 2.75) is 36.1 Å². The lowest BCUT2D eigenvalue weighted by Gasteiger charge is -2.28. The fourth-order valence-electron chi connectivity index (χ4n) is 2.43. The number of nitrogens with two attached hydrogens (primary N) is 1. The molecule has 0 unspecified atom stereocenters. The number of halogens is 3. The third-order valence-electron chi connectivity index (χ3n) is 3.51. The van der Waals surface area contributed by atoms with Crippen molar-refractivity contribution in [3.8, 4) is 0 Å². The lowest BCUT2D eigenvalue weighted by Crippen LogP contribution is -2.51. The van der Waals surface area contributed by atoms with Crippen LogP contribution in [0.5, 0.6) is 0 Å².